The van der Waals surface area contributed by atoms with Crippen molar-refractivity contribution < 1.29 is 19.1 Å². The van der Waals surface area contributed by atoms with Crippen molar-refractivity contribution in [3.8, 4) is 0 Å². The maximum atomic E-state index is 12.5. The van der Waals surface area contributed by atoms with Crippen molar-refractivity contribution in [1.82, 2.24) is 0 Å². The topological polar surface area (TPSA) is 78.6 Å². The summed E-state index contributed by atoms with van der Waals surface area (Å²) in [5.41, 5.74) is 5.93. The molecule has 0 aromatic carbocycles. The molecule has 5 heteroatoms. The molecule has 0 heterocycles. The van der Waals surface area contributed by atoms with Gasteiger partial charge in [-0.3, -0.25) is 9.59 Å². The first kappa shape index (κ1) is 36.9. The first-order valence-electron chi connectivity index (χ1n) is 16.7. The number of hydrogen-bond donors (Lipinski definition) is 1. The van der Waals surface area contributed by atoms with Gasteiger partial charge in [0.05, 0.1) is 6.61 Å². The zero-order chi connectivity index (χ0) is 28.1. The van der Waals surface area contributed by atoms with E-state index >= 15 is 0 Å². The van der Waals surface area contributed by atoms with Gasteiger partial charge in [-0.2, -0.15) is 0 Å². The lowest BCUT2D eigenvalue weighted by atomic mass is 10.0. The van der Waals surface area contributed by atoms with Crippen molar-refractivity contribution in [3.63, 3.8) is 0 Å². The standard InChI is InChI=1S/C33H65NO4/c1-4-7-10-13-16-20-25-30(26-21-17-14-11-8-5-2)38-32(35)28-23-18-15-19-24-29-37-33(36)31(34)27-22-12-9-6-3/h30-31H,4-29,34H2,1-3H3. The summed E-state index contributed by atoms with van der Waals surface area (Å²) in [5, 5.41) is 0. The van der Waals surface area contributed by atoms with Crippen LogP contribution in [0.4, 0.5) is 0 Å². The molecule has 1 atom stereocenters. The minimum atomic E-state index is -0.483. The number of hydrogen-bond acceptors (Lipinski definition) is 5. The second-order valence-corrected chi connectivity index (χ2v) is 11.4. The normalized spacial score (nSPS) is 12.1. The zero-order valence-corrected chi connectivity index (χ0v) is 25.7. The second-order valence-electron chi connectivity index (χ2n) is 11.4. The predicted molar refractivity (Wildman–Crippen MR) is 161 cm³/mol. The van der Waals surface area contributed by atoms with Gasteiger partial charge in [0.2, 0.25) is 0 Å². The van der Waals surface area contributed by atoms with Crippen molar-refractivity contribution in [3.05, 3.63) is 0 Å². The van der Waals surface area contributed by atoms with Crippen LogP contribution in [0.25, 0.3) is 0 Å². The van der Waals surface area contributed by atoms with Gasteiger partial charge < -0.3 is 15.2 Å². The van der Waals surface area contributed by atoms with E-state index in [0.717, 1.165) is 57.8 Å². The largest absolute Gasteiger partial charge is 0.465 e. The minimum absolute atomic E-state index is 0.0196. The molecule has 226 valence electrons. The fourth-order valence-electron chi connectivity index (χ4n) is 4.90. The van der Waals surface area contributed by atoms with Crippen molar-refractivity contribution >= 4 is 11.9 Å². The lowest BCUT2D eigenvalue weighted by Crippen LogP contribution is -2.32. The van der Waals surface area contributed by atoms with Gasteiger partial charge in [-0.25, -0.2) is 0 Å². The summed E-state index contributed by atoms with van der Waals surface area (Å²) >= 11 is 0. The third-order valence-corrected chi connectivity index (χ3v) is 7.50. The van der Waals surface area contributed by atoms with Crippen LogP contribution < -0.4 is 5.73 Å². The maximum absolute atomic E-state index is 12.5. The van der Waals surface area contributed by atoms with E-state index in [-0.39, 0.29) is 18.0 Å². The van der Waals surface area contributed by atoms with Crippen LogP contribution in [0.1, 0.15) is 181 Å². The van der Waals surface area contributed by atoms with Gasteiger partial charge in [0.15, 0.2) is 0 Å². The Morgan fingerprint density at radius 1 is 0.553 bits per heavy atom. The summed E-state index contributed by atoms with van der Waals surface area (Å²) in [6.45, 7) is 7.12. The number of carbonyl (C=O) groups is 2. The fourth-order valence-corrected chi connectivity index (χ4v) is 4.90. The Balaban J connectivity index is 3.96. The Morgan fingerprint density at radius 3 is 1.53 bits per heavy atom. The lowest BCUT2D eigenvalue weighted by Gasteiger charge is -2.18. The summed E-state index contributed by atoms with van der Waals surface area (Å²) in [5.74, 6) is -0.283. The molecule has 0 spiro atoms. The van der Waals surface area contributed by atoms with Crippen LogP contribution >= 0.6 is 0 Å². The number of unbranched alkanes of at least 4 members (excludes halogenated alkanes) is 17. The van der Waals surface area contributed by atoms with Gasteiger partial charge in [0.25, 0.3) is 0 Å². The molecule has 1 unspecified atom stereocenters. The highest BCUT2D eigenvalue weighted by Gasteiger charge is 2.15. The molecule has 38 heavy (non-hydrogen) atoms. The molecule has 5 nitrogen and oxygen atoms in total. The molecule has 0 rings (SSSR count). The third kappa shape index (κ3) is 25.2. The van der Waals surface area contributed by atoms with E-state index in [1.807, 2.05) is 0 Å². The molecular weight excluding hydrogens is 474 g/mol. The summed E-state index contributed by atoms with van der Waals surface area (Å²) < 4.78 is 11.3. The van der Waals surface area contributed by atoms with Gasteiger partial charge in [0, 0.05) is 6.42 Å². The Kier molecular flexibility index (Phi) is 28.1. The average Bonchev–Trinajstić information content (AvgIpc) is 2.91. The number of rotatable bonds is 29. The molecule has 0 bridgehead atoms. The predicted octanol–water partition coefficient (Wildman–Crippen LogP) is 9.58. The number of carbonyl (C=O) groups excluding carboxylic acids is 2. The molecule has 0 amide bonds. The molecular formula is C33H65NO4. The van der Waals surface area contributed by atoms with Gasteiger partial charge >= 0.3 is 11.9 Å². The number of ether oxygens (including phenoxy) is 2. The van der Waals surface area contributed by atoms with E-state index in [1.54, 1.807) is 0 Å². The van der Waals surface area contributed by atoms with Crippen LogP contribution in [-0.2, 0) is 19.1 Å². The molecule has 0 saturated heterocycles. The SMILES string of the molecule is CCCCCCCCC(CCCCCCCC)OC(=O)CCCCCCCOC(=O)C(N)CCCCCC. The monoisotopic (exact) mass is 539 g/mol. The summed E-state index contributed by atoms with van der Waals surface area (Å²) in [6.07, 6.45) is 28.0. The van der Waals surface area contributed by atoms with Gasteiger partial charge in [-0.1, -0.05) is 130 Å². The van der Waals surface area contributed by atoms with Crippen molar-refractivity contribution in [2.45, 2.75) is 193 Å². The molecule has 0 aromatic heterocycles. The van der Waals surface area contributed by atoms with E-state index in [4.69, 9.17) is 15.2 Å². The second kappa shape index (κ2) is 28.9. The van der Waals surface area contributed by atoms with Gasteiger partial charge in [-0.05, 0) is 44.9 Å². The van der Waals surface area contributed by atoms with Crippen LogP contribution in [-0.4, -0.2) is 30.7 Å². The molecule has 0 saturated carbocycles. The summed E-state index contributed by atoms with van der Waals surface area (Å²) in [4.78, 5) is 24.5. The number of nitrogens with two attached hydrogens (primary N) is 1. The van der Waals surface area contributed by atoms with E-state index in [1.165, 1.54) is 89.9 Å². The fraction of sp³-hybridized carbons (Fsp3) is 0.939. The van der Waals surface area contributed by atoms with Crippen molar-refractivity contribution in [2.24, 2.45) is 5.73 Å². The molecule has 0 aliphatic heterocycles. The Bertz CT molecular complexity index is 509. The summed E-state index contributed by atoms with van der Waals surface area (Å²) in [7, 11) is 0. The van der Waals surface area contributed by atoms with E-state index in [2.05, 4.69) is 20.8 Å². The van der Waals surface area contributed by atoms with Gasteiger partial charge in [0.1, 0.15) is 12.1 Å². The molecule has 0 aliphatic carbocycles. The van der Waals surface area contributed by atoms with Crippen molar-refractivity contribution in [1.29, 1.82) is 0 Å². The van der Waals surface area contributed by atoms with Crippen LogP contribution in [0.2, 0.25) is 0 Å². The highest BCUT2D eigenvalue weighted by atomic mass is 16.5. The van der Waals surface area contributed by atoms with E-state index < -0.39 is 6.04 Å². The van der Waals surface area contributed by atoms with E-state index in [0.29, 0.717) is 19.4 Å². The average molecular weight is 540 g/mol. The summed E-state index contributed by atoms with van der Waals surface area (Å²) in [6, 6.07) is -0.483. The Morgan fingerprint density at radius 2 is 0.974 bits per heavy atom. The zero-order valence-electron chi connectivity index (χ0n) is 25.7. The van der Waals surface area contributed by atoms with E-state index in [9.17, 15) is 9.59 Å². The van der Waals surface area contributed by atoms with Crippen LogP contribution in [0, 0.1) is 0 Å². The quantitative estimate of drug-likeness (QED) is 0.0756. The van der Waals surface area contributed by atoms with Crippen LogP contribution in [0.5, 0.6) is 0 Å². The Hall–Kier alpha value is -1.10. The first-order valence-corrected chi connectivity index (χ1v) is 16.7. The number of esters is 2. The maximum Gasteiger partial charge on any atom is 0.322 e. The molecule has 2 N–H and O–H groups in total. The molecule has 0 aromatic rings. The van der Waals surface area contributed by atoms with Crippen LogP contribution in [0.3, 0.4) is 0 Å². The first-order chi connectivity index (χ1) is 18.5. The highest BCUT2D eigenvalue weighted by Crippen LogP contribution is 2.18. The molecule has 0 radical (unpaired) electrons. The van der Waals surface area contributed by atoms with Gasteiger partial charge in [-0.15, -0.1) is 0 Å². The highest BCUT2D eigenvalue weighted by molar-refractivity contribution is 5.75. The van der Waals surface area contributed by atoms with Crippen LogP contribution in [0.15, 0.2) is 0 Å². The third-order valence-electron chi connectivity index (χ3n) is 7.50. The lowest BCUT2D eigenvalue weighted by molar-refractivity contribution is -0.150. The van der Waals surface area contributed by atoms with Crippen molar-refractivity contribution in [2.75, 3.05) is 6.61 Å². The molecule has 0 aliphatic rings. The minimum Gasteiger partial charge on any atom is -0.465 e. The Labute approximate surface area is 236 Å². The smallest absolute Gasteiger partial charge is 0.322 e. The molecule has 0 fully saturated rings.